The van der Waals surface area contributed by atoms with Crippen LogP contribution in [0.4, 0.5) is 5.69 Å². The highest BCUT2D eigenvalue weighted by molar-refractivity contribution is 9.10. The van der Waals surface area contributed by atoms with Crippen molar-refractivity contribution in [3.8, 4) is 5.88 Å². The minimum atomic E-state index is 0.0628. The first-order chi connectivity index (χ1) is 12.2. The summed E-state index contributed by atoms with van der Waals surface area (Å²) in [7, 11) is 0. The number of aromatic hydroxyl groups is 1. The van der Waals surface area contributed by atoms with Crippen molar-refractivity contribution in [2.75, 3.05) is 11.9 Å². The van der Waals surface area contributed by atoms with Gasteiger partial charge < -0.3 is 14.9 Å². The van der Waals surface area contributed by atoms with E-state index in [-0.39, 0.29) is 5.88 Å². The number of hydrogen-bond donors (Lipinski definition) is 2. The van der Waals surface area contributed by atoms with Crippen molar-refractivity contribution in [2.24, 2.45) is 10.1 Å². The van der Waals surface area contributed by atoms with Crippen LogP contribution in [0.15, 0.2) is 57.1 Å². The number of nitrogens with zero attached hydrogens (tertiary/aromatic N) is 2. The first kappa shape index (κ1) is 16.4. The van der Waals surface area contributed by atoms with Crippen LogP contribution in [0.3, 0.4) is 0 Å². The SMILES string of the molecule is Oc1[nH]c2cc(Br)ccc2c1C1=Nc2ccccc2/C1=N/OCCBr. The molecule has 0 bridgehead atoms. The second-order valence-corrected chi connectivity index (χ2v) is 7.19. The largest absolute Gasteiger partial charge is 0.494 e. The molecule has 2 aromatic carbocycles. The predicted octanol–water partition coefficient (Wildman–Crippen LogP) is 4.89. The monoisotopic (exact) mass is 461 g/mol. The predicted molar refractivity (Wildman–Crippen MR) is 107 cm³/mol. The highest BCUT2D eigenvalue weighted by Gasteiger charge is 2.29. The topological polar surface area (TPSA) is 70.0 Å². The number of halogens is 2. The van der Waals surface area contributed by atoms with Crippen LogP contribution in [0.1, 0.15) is 11.1 Å². The molecule has 0 atom stereocenters. The Morgan fingerprint density at radius 1 is 1.20 bits per heavy atom. The van der Waals surface area contributed by atoms with E-state index >= 15 is 0 Å². The highest BCUT2D eigenvalue weighted by Crippen LogP contribution is 2.36. The average molecular weight is 463 g/mol. The number of aromatic amines is 1. The van der Waals surface area contributed by atoms with Gasteiger partial charge in [-0.05, 0) is 18.2 Å². The number of aliphatic imine (C=N–C) groups is 1. The van der Waals surface area contributed by atoms with Gasteiger partial charge in [-0.3, -0.25) is 0 Å². The number of fused-ring (bicyclic) bond motifs is 2. The van der Waals surface area contributed by atoms with Gasteiger partial charge in [0.15, 0.2) is 5.88 Å². The lowest BCUT2D eigenvalue weighted by molar-refractivity contribution is 0.163. The van der Waals surface area contributed by atoms with E-state index in [4.69, 9.17) is 9.83 Å². The molecule has 25 heavy (non-hydrogen) atoms. The smallest absolute Gasteiger partial charge is 0.199 e. The number of para-hydroxylation sites is 1. The Balaban J connectivity index is 1.89. The average Bonchev–Trinajstić information content (AvgIpc) is 3.11. The summed E-state index contributed by atoms with van der Waals surface area (Å²) in [6.07, 6.45) is 0. The molecule has 3 aromatic rings. The maximum Gasteiger partial charge on any atom is 0.199 e. The fraction of sp³-hybridized carbons (Fsp3) is 0.111. The van der Waals surface area contributed by atoms with Gasteiger partial charge in [-0.25, -0.2) is 4.99 Å². The molecule has 2 heterocycles. The van der Waals surface area contributed by atoms with Crippen LogP contribution in [0.2, 0.25) is 0 Å². The highest BCUT2D eigenvalue weighted by atomic mass is 79.9. The van der Waals surface area contributed by atoms with Crippen LogP contribution in [0, 0.1) is 0 Å². The second-order valence-electron chi connectivity index (χ2n) is 5.48. The summed E-state index contributed by atoms with van der Waals surface area (Å²) in [6, 6.07) is 13.5. The van der Waals surface area contributed by atoms with Crippen molar-refractivity contribution in [3.63, 3.8) is 0 Å². The van der Waals surface area contributed by atoms with Crippen molar-refractivity contribution < 1.29 is 9.94 Å². The molecule has 126 valence electrons. The lowest BCUT2D eigenvalue weighted by Gasteiger charge is -2.04. The van der Waals surface area contributed by atoms with Gasteiger partial charge in [0.25, 0.3) is 0 Å². The van der Waals surface area contributed by atoms with Crippen molar-refractivity contribution in [2.45, 2.75) is 0 Å². The molecule has 1 aliphatic heterocycles. The van der Waals surface area contributed by atoms with E-state index < -0.39 is 0 Å². The number of H-pyrrole nitrogens is 1. The summed E-state index contributed by atoms with van der Waals surface area (Å²) < 4.78 is 0.930. The molecule has 0 fully saturated rings. The molecular weight excluding hydrogens is 450 g/mol. The van der Waals surface area contributed by atoms with E-state index in [2.05, 4.69) is 42.0 Å². The number of rotatable bonds is 4. The summed E-state index contributed by atoms with van der Waals surface area (Å²) in [6.45, 7) is 0.450. The molecule has 5 nitrogen and oxygen atoms in total. The summed E-state index contributed by atoms with van der Waals surface area (Å²) in [5.41, 5.74) is 4.36. The van der Waals surface area contributed by atoms with Crippen molar-refractivity contribution >= 4 is 59.9 Å². The minimum absolute atomic E-state index is 0.0628. The fourth-order valence-electron chi connectivity index (χ4n) is 2.88. The van der Waals surface area contributed by atoms with E-state index in [0.717, 1.165) is 26.6 Å². The van der Waals surface area contributed by atoms with E-state index in [1.165, 1.54) is 0 Å². The zero-order chi connectivity index (χ0) is 17.4. The maximum absolute atomic E-state index is 10.5. The third-order valence-corrected chi connectivity index (χ3v) is 4.73. The Hall–Kier alpha value is -2.12. The number of hydrogen-bond acceptors (Lipinski definition) is 4. The number of aromatic nitrogens is 1. The van der Waals surface area contributed by atoms with Gasteiger partial charge in [0.1, 0.15) is 18.0 Å². The molecule has 0 radical (unpaired) electrons. The minimum Gasteiger partial charge on any atom is -0.494 e. The van der Waals surface area contributed by atoms with E-state index in [1.54, 1.807) is 0 Å². The summed E-state index contributed by atoms with van der Waals surface area (Å²) >= 11 is 6.77. The molecular formula is C18H13Br2N3O2. The normalized spacial score (nSPS) is 14.8. The van der Waals surface area contributed by atoms with Gasteiger partial charge in [0.2, 0.25) is 0 Å². The van der Waals surface area contributed by atoms with Crippen molar-refractivity contribution in [1.82, 2.24) is 4.98 Å². The van der Waals surface area contributed by atoms with Gasteiger partial charge in [0.05, 0.1) is 16.8 Å². The number of nitrogens with one attached hydrogen (secondary N) is 1. The Bertz CT molecular complexity index is 1020. The van der Waals surface area contributed by atoms with Crippen molar-refractivity contribution in [3.05, 3.63) is 58.1 Å². The zero-order valence-corrected chi connectivity index (χ0v) is 16.1. The summed E-state index contributed by atoms with van der Waals surface area (Å²) in [5, 5.41) is 16.3. The van der Waals surface area contributed by atoms with E-state index in [0.29, 0.717) is 28.9 Å². The first-order valence-electron chi connectivity index (χ1n) is 7.64. The molecule has 0 aliphatic carbocycles. The molecule has 0 unspecified atom stereocenters. The molecule has 2 N–H and O–H groups in total. The van der Waals surface area contributed by atoms with Gasteiger partial charge in [-0.1, -0.05) is 61.3 Å². The van der Waals surface area contributed by atoms with Gasteiger partial charge in [-0.2, -0.15) is 0 Å². The molecule has 0 saturated carbocycles. The molecule has 1 aliphatic rings. The van der Waals surface area contributed by atoms with Gasteiger partial charge in [0, 0.05) is 20.8 Å². The van der Waals surface area contributed by atoms with Crippen LogP contribution < -0.4 is 0 Å². The van der Waals surface area contributed by atoms with Gasteiger partial charge in [-0.15, -0.1) is 0 Å². The molecule has 1 aromatic heterocycles. The van der Waals surface area contributed by atoms with Gasteiger partial charge >= 0.3 is 0 Å². The summed E-state index contributed by atoms with van der Waals surface area (Å²) in [4.78, 5) is 13.1. The quantitative estimate of drug-likeness (QED) is 0.329. The van der Waals surface area contributed by atoms with Crippen LogP contribution >= 0.6 is 31.9 Å². The lowest BCUT2D eigenvalue weighted by Crippen LogP contribution is -2.13. The second kappa shape index (κ2) is 6.65. The molecule has 4 rings (SSSR count). The third-order valence-electron chi connectivity index (χ3n) is 3.92. The first-order valence-corrected chi connectivity index (χ1v) is 9.55. The van der Waals surface area contributed by atoms with Crippen LogP contribution in [-0.4, -0.2) is 33.5 Å². The standard InChI is InChI=1S/C18H13Br2N3O2/c19-7-8-25-23-16-12-3-1-2-4-13(12)21-17(16)15-11-6-5-10(20)9-14(11)22-18(15)24/h1-6,9,22,24H,7-8H2/b23-16-. The van der Waals surface area contributed by atoms with Crippen molar-refractivity contribution in [1.29, 1.82) is 0 Å². The Morgan fingerprint density at radius 2 is 2.04 bits per heavy atom. The molecule has 0 spiro atoms. The zero-order valence-electron chi connectivity index (χ0n) is 13.0. The van der Waals surface area contributed by atoms with E-state index in [1.807, 2.05) is 42.5 Å². The fourth-order valence-corrected chi connectivity index (χ4v) is 3.38. The molecule has 0 saturated heterocycles. The van der Waals surface area contributed by atoms with Crippen LogP contribution in [-0.2, 0) is 4.84 Å². The lowest BCUT2D eigenvalue weighted by atomic mass is 10.0. The number of alkyl halides is 1. The number of benzene rings is 2. The van der Waals surface area contributed by atoms with E-state index in [9.17, 15) is 5.11 Å². The van der Waals surface area contributed by atoms with Crippen LogP contribution in [0.5, 0.6) is 5.88 Å². The molecule has 0 amide bonds. The third kappa shape index (κ3) is 2.87. The van der Waals surface area contributed by atoms with Crippen LogP contribution in [0.25, 0.3) is 10.9 Å². The number of oxime groups is 1. The Labute approximate surface area is 160 Å². The molecule has 7 heteroatoms. The maximum atomic E-state index is 10.5. The summed E-state index contributed by atoms with van der Waals surface area (Å²) in [5.74, 6) is 0.0628. The Morgan fingerprint density at radius 3 is 2.88 bits per heavy atom. The Kier molecular flexibility index (Phi) is 4.35.